The van der Waals surface area contributed by atoms with Gasteiger partial charge in [0.05, 0.1) is 9.65 Å². The number of rotatable bonds is 0. The average Bonchev–Trinajstić information content (AvgIpc) is 2.86. The van der Waals surface area contributed by atoms with Gasteiger partial charge in [-0.3, -0.25) is 9.59 Å². The molecule has 0 radical (unpaired) electrons. The summed E-state index contributed by atoms with van der Waals surface area (Å²) in [4.78, 5) is 25.1. The van der Waals surface area contributed by atoms with E-state index in [9.17, 15) is 9.59 Å². The lowest BCUT2D eigenvalue weighted by atomic mass is 9.45. The highest BCUT2D eigenvalue weighted by Crippen LogP contribution is 2.66. The molecule has 128 valence electrons. The first kappa shape index (κ1) is 16.8. The Hall–Kier alpha value is 0.300. The van der Waals surface area contributed by atoms with Crippen LogP contribution in [0.25, 0.3) is 0 Å². The van der Waals surface area contributed by atoms with Crippen LogP contribution in [-0.2, 0) is 9.59 Å². The number of hydrogen-bond acceptors (Lipinski definition) is 2. The van der Waals surface area contributed by atoms with Gasteiger partial charge < -0.3 is 0 Å². The largest absolute Gasteiger partial charge is 0.299 e. The van der Waals surface area contributed by atoms with Gasteiger partial charge in [0.1, 0.15) is 5.78 Å². The minimum Gasteiger partial charge on any atom is -0.299 e. The Labute approximate surface area is 155 Å². The number of hydrogen-bond donors (Lipinski definition) is 0. The fraction of sp³-hybridized carbons (Fsp3) is 0.895. The summed E-state index contributed by atoms with van der Waals surface area (Å²) in [6.07, 6.45) is 8.08. The lowest BCUT2D eigenvalue weighted by molar-refractivity contribution is -0.155. The standard InChI is InChI=1S/C19H26Br2O2/c1-18-6-3-4-11(18)10-8-14(22)15-16(21)17(23)13(20)9-19(15,2)12(10)5-7-18/h10-13,15-16H,3-9H2,1-2H3. The van der Waals surface area contributed by atoms with Crippen LogP contribution in [-0.4, -0.2) is 21.2 Å². The zero-order valence-electron chi connectivity index (χ0n) is 14.0. The molecule has 0 N–H and O–H groups in total. The van der Waals surface area contributed by atoms with Crippen molar-refractivity contribution in [1.82, 2.24) is 0 Å². The number of alkyl halides is 2. The van der Waals surface area contributed by atoms with E-state index in [4.69, 9.17) is 0 Å². The third-order valence-electron chi connectivity index (χ3n) is 8.05. The van der Waals surface area contributed by atoms with Gasteiger partial charge in [-0.25, -0.2) is 0 Å². The van der Waals surface area contributed by atoms with E-state index in [2.05, 4.69) is 45.7 Å². The molecule has 4 aliphatic carbocycles. The van der Waals surface area contributed by atoms with E-state index in [0.717, 1.165) is 12.3 Å². The average molecular weight is 446 g/mol. The van der Waals surface area contributed by atoms with Crippen LogP contribution in [0.15, 0.2) is 0 Å². The summed E-state index contributed by atoms with van der Waals surface area (Å²) in [5.74, 6) is 2.28. The number of fused-ring (bicyclic) bond motifs is 5. The first-order valence-electron chi connectivity index (χ1n) is 9.12. The van der Waals surface area contributed by atoms with Gasteiger partial charge in [0.2, 0.25) is 0 Å². The lowest BCUT2D eigenvalue weighted by Crippen LogP contribution is -2.61. The van der Waals surface area contributed by atoms with Crippen molar-refractivity contribution in [1.29, 1.82) is 0 Å². The summed E-state index contributed by atoms with van der Waals surface area (Å²) in [6, 6.07) is 0. The van der Waals surface area contributed by atoms with Gasteiger partial charge >= 0.3 is 0 Å². The zero-order chi connectivity index (χ0) is 16.6. The number of carbonyl (C=O) groups is 2. The van der Waals surface area contributed by atoms with Crippen LogP contribution in [0.2, 0.25) is 0 Å². The molecule has 0 heterocycles. The molecule has 0 aromatic heterocycles. The number of Topliss-reactive ketones (excluding diaryl/α,β-unsaturated/α-hetero) is 2. The van der Waals surface area contributed by atoms with E-state index >= 15 is 0 Å². The minimum atomic E-state index is -0.295. The van der Waals surface area contributed by atoms with Gasteiger partial charge in [-0.1, -0.05) is 52.1 Å². The molecular weight excluding hydrogens is 420 g/mol. The van der Waals surface area contributed by atoms with Crippen LogP contribution in [0.3, 0.4) is 0 Å². The SMILES string of the molecule is CC12CCCC1C1CC(=O)C3C(Br)C(=O)C(Br)CC3(C)C1CC2. The second-order valence-corrected chi connectivity index (χ2v) is 11.2. The summed E-state index contributed by atoms with van der Waals surface area (Å²) >= 11 is 7.20. The molecular formula is C19H26Br2O2. The molecule has 0 bridgehead atoms. The van der Waals surface area contributed by atoms with Crippen molar-refractivity contribution in [3.8, 4) is 0 Å². The fourth-order valence-corrected chi connectivity index (χ4v) is 9.50. The van der Waals surface area contributed by atoms with Crippen LogP contribution in [0.5, 0.6) is 0 Å². The molecule has 0 saturated heterocycles. The highest BCUT2D eigenvalue weighted by molar-refractivity contribution is 9.10. The van der Waals surface area contributed by atoms with E-state index < -0.39 is 0 Å². The normalized spacial score (nSPS) is 56.0. The van der Waals surface area contributed by atoms with Gasteiger partial charge in [0, 0.05) is 12.3 Å². The maximum Gasteiger partial charge on any atom is 0.160 e. The van der Waals surface area contributed by atoms with Crippen molar-refractivity contribution in [2.24, 2.45) is 34.5 Å². The molecule has 8 unspecified atom stereocenters. The van der Waals surface area contributed by atoms with Crippen LogP contribution in [0.1, 0.15) is 58.8 Å². The highest BCUT2D eigenvalue weighted by Gasteiger charge is 2.63. The van der Waals surface area contributed by atoms with Gasteiger partial charge in [-0.05, 0) is 60.7 Å². The second kappa shape index (κ2) is 5.40. The van der Waals surface area contributed by atoms with Crippen molar-refractivity contribution < 1.29 is 9.59 Å². The summed E-state index contributed by atoms with van der Waals surface area (Å²) in [6.45, 7) is 4.77. The topological polar surface area (TPSA) is 34.1 Å². The smallest absolute Gasteiger partial charge is 0.160 e. The molecule has 0 aromatic rings. The predicted molar refractivity (Wildman–Crippen MR) is 97.9 cm³/mol. The molecule has 0 amide bonds. The molecule has 4 fully saturated rings. The Balaban J connectivity index is 1.73. The van der Waals surface area contributed by atoms with Gasteiger partial charge in [-0.2, -0.15) is 0 Å². The third-order valence-corrected chi connectivity index (χ3v) is 9.81. The van der Waals surface area contributed by atoms with E-state index in [1.807, 2.05) is 0 Å². The number of ketones is 2. The van der Waals surface area contributed by atoms with Crippen LogP contribution >= 0.6 is 31.9 Å². The summed E-state index contributed by atoms with van der Waals surface area (Å²) in [5, 5.41) is 0. The first-order valence-corrected chi connectivity index (χ1v) is 11.0. The monoisotopic (exact) mass is 444 g/mol. The van der Waals surface area contributed by atoms with E-state index in [0.29, 0.717) is 29.5 Å². The fourth-order valence-electron chi connectivity index (χ4n) is 6.94. The van der Waals surface area contributed by atoms with Gasteiger partial charge in [0.15, 0.2) is 5.78 Å². The Kier molecular flexibility index (Phi) is 3.93. The number of halogens is 2. The first-order chi connectivity index (χ1) is 10.8. The molecule has 0 aliphatic heterocycles. The summed E-state index contributed by atoms with van der Waals surface area (Å²) < 4.78 is 0. The van der Waals surface area contributed by atoms with Crippen molar-refractivity contribution in [2.75, 3.05) is 0 Å². The maximum absolute atomic E-state index is 13.0. The van der Waals surface area contributed by atoms with Crippen molar-refractivity contribution in [3.63, 3.8) is 0 Å². The van der Waals surface area contributed by atoms with Crippen molar-refractivity contribution in [3.05, 3.63) is 0 Å². The molecule has 0 aromatic carbocycles. The van der Waals surface area contributed by atoms with Crippen LogP contribution < -0.4 is 0 Å². The Morgan fingerprint density at radius 3 is 2.52 bits per heavy atom. The zero-order valence-corrected chi connectivity index (χ0v) is 17.2. The molecule has 4 aliphatic rings. The lowest BCUT2D eigenvalue weighted by Gasteiger charge is -2.60. The summed E-state index contributed by atoms with van der Waals surface area (Å²) in [7, 11) is 0. The second-order valence-electron chi connectivity index (χ2n) is 9.09. The maximum atomic E-state index is 13.0. The van der Waals surface area contributed by atoms with Crippen molar-refractivity contribution >= 4 is 43.4 Å². The van der Waals surface area contributed by atoms with Gasteiger partial charge in [0.25, 0.3) is 0 Å². The predicted octanol–water partition coefficient (Wildman–Crippen LogP) is 4.91. The molecule has 4 heteroatoms. The minimum absolute atomic E-state index is 0.0276. The Morgan fingerprint density at radius 1 is 1.04 bits per heavy atom. The molecule has 23 heavy (non-hydrogen) atoms. The van der Waals surface area contributed by atoms with Crippen LogP contribution in [0.4, 0.5) is 0 Å². The highest BCUT2D eigenvalue weighted by atomic mass is 79.9. The van der Waals surface area contributed by atoms with Gasteiger partial charge in [-0.15, -0.1) is 0 Å². The molecule has 8 atom stereocenters. The Bertz CT molecular complexity index is 562. The quantitative estimate of drug-likeness (QED) is 0.496. The van der Waals surface area contributed by atoms with Crippen LogP contribution in [0, 0.1) is 34.5 Å². The van der Waals surface area contributed by atoms with E-state index in [-0.39, 0.29) is 26.8 Å². The molecule has 2 nitrogen and oxygen atoms in total. The molecule has 4 rings (SSSR count). The number of carbonyl (C=O) groups excluding carboxylic acids is 2. The summed E-state index contributed by atoms with van der Waals surface area (Å²) in [5.41, 5.74) is 0.441. The Morgan fingerprint density at radius 2 is 1.78 bits per heavy atom. The molecule has 0 spiro atoms. The molecule has 4 saturated carbocycles. The van der Waals surface area contributed by atoms with E-state index in [1.165, 1.54) is 32.1 Å². The van der Waals surface area contributed by atoms with E-state index in [1.54, 1.807) is 0 Å². The van der Waals surface area contributed by atoms with Crippen molar-refractivity contribution in [2.45, 2.75) is 68.4 Å². The third kappa shape index (κ3) is 2.22.